The number of Topliss-reactive ketones (excluding diaryl/α,β-unsaturated/α-hetero) is 1. The fourth-order valence-electron chi connectivity index (χ4n) is 1.37. The van der Waals surface area contributed by atoms with E-state index in [-0.39, 0.29) is 12.4 Å². The zero-order valence-electron chi connectivity index (χ0n) is 9.19. The molecule has 0 amide bonds. The van der Waals surface area contributed by atoms with Crippen LogP contribution < -0.4 is 5.73 Å². The van der Waals surface area contributed by atoms with Gasteiger partial charge < -0.3 is 10.5 Å². The van der Waals surface area contributed by atoms with Crippen molar-refractivity contribution in [1.29, 1.82) is 0 Å². The summed E-state index contributed by atoms with van der Waals surface area (Å²) in [5.41, 5.74) is 6.21. The molecule has 1 atom stereocenters. The van der Waals surface area contributed by atoms with Gasteiger partial charge in [0.15, 0.2) is 5.78 Å². The summed E-state index contributed by atoms with van der Waals surface area (Å²) < 4.78 is 5.42. The van der Waals surface area contributed by atoms with E-state index in [1.165, 1.54) is 0 Å². The molecule has 0 aromatic carbocycles. The van der Waals surface area contributed by atoms with Crippen molar-refractivity contribution in [3.8, 4) is 0 Å². The highest BCUT2D eigenvalue weighted by atomic mass is 16.5. The molecule has 3 nitrogen and oxygen atoms in total. The summed E-state index contributed by atoms with van der Waals surface area (Å²) in [6.07, 6.45) is 8.18. The van der Waals surface area contributed by atoms with Crippen LogP contribution in [0.3, 0.4) is 0 Å². The summed E-state index contributed by atoms with van der Waals surface area (Å²) in [7, 11) is 0. The quantitative estimate of drug-likeness (QED) is 0.701. The van der Waals surface area contributed by atoms with Crippen LogP contribution in [0.15, 0.2) is 35.6 Å². The van der Waals surface area contributed by atoms with Crippen LogP contribution >= 0.6 is 0 Å². The Morgan fingerprint density at radius 2 is 2.33 bits per heavy atom. The minimum absolute atomic E-state index is 0.0425. The van der Waals surface area contributed by atoms with Gasteiger partial charge in [-0.3, -0.25) is 4.79 Å². The first kappa shape index (κ1) is 11.7. The first-order valence-electron chi connectivity index (χ1n) is 5.16. The molecule has 0 aromatic heterocycles. The van der Waals surface area contributed by atoms with Gasteiger partial charge in [-0.15, -0.1) is 0 Å². The maximum atomic E-state index is 11.8. The molecule has 15 heavy (non-hydrogen) atoms. The molecule has 0 spiro atoms. The minimum atomic E-state index is -0.532. The number of nitrogens with two attached hydrogens (primary N) is 1. The predicted octanol–water partition coefficient (Wildman–Crippen LogP) is 1.71. The molecule has 1 aliphatic heterocycles. The number of rotatable bonds is 2. The van der Waals surface area contributed by atoms with Crippen molar-refractivity contribution < 1.29 is 9.53 Å². The van der Waals surface area contributed by atoms with Crippen molar-refractivity contribution in [2.75, 3.05) is 6.61 Å². The standard InChI is InChI=1S/C12H17NO2/c1-3-5-7-9-11(6-4-2)15-8-10(13)12(9)14/h3,5-7,10H,4,8,13H2,1-2H3/b5-3-,9-7+,11-6+. The number of hydrogen-bond acceptors (Lipinski definition) is 3. The zero-order valence-corrected chi connectivity index (χ0v) is 9.19. The van der Waals surface area contributed by atoms with E-state index in [1.54, 1.807) is 6.08 Å². The van der Waals surface area contributed by atoms with Crippen LogP contribution in [-0.2, 0) is 9.53 Å². The van der Waals surface area contributed by atoms with Gasteiger partial charge in [0.1, 0.15) is 18.4 Å². The monoisotopic (exact) mass is 207 g/mol. The lowest BCUT2D eigenvalue weighted by Crippen LogP contribution is -2.40. The van der Waals surface area contributed by atoms with Gasteiger partial charge in [-0.1, -0.05) is 19.1 Å². The molecule has 0 aliphatic carbocycles. The van der Waals surface area contributed by atoms with E-state index in [2.05, 4.69) is 0 Å². The Labute approximate surface area is 90.3 Å². The number of ketones is 1. The Kier molecular flexibility index (Phi) is 4.31. The second-order valence-corrected chi connectivity index (χ2v) is 3.36. The molecule has 1 rings (SSSR count). The van der Waals surface area contributed by atoms with E-state index in [9.17, 15) is 4.79 Å². The molecule has 0 saturated carbocycles. The Morgan fingerprint density at radius 1 is 1.60 bits per heavy atom. The summed E-state index contributed by atoms with van der Waals surface area (Å²) in [6.45, 7) is 4.18. The highest BCUT2D eigenvalue weighted by Gasteiger charge is 2.27. The maximum absolute atomic E-state index is 11.8. The third-order valence-corrected chi connectivity index (χ3v) is 2.13. The molecule has 1 fully saturated rings. The van der Waals surface area contributed by atoms with Crippen molar-refractivity contribution in [1.82, 2.24) is 0 Å². The van der Waals surface area contributed by atoms with Gasteiger partial charge in [-0.2, -0.15) is 0 Å². The van der Waals surface area contributed by atoms with E-state index >= 15 is 0 Å². The van der Waals surface area contributed by atoms with Crippen molar-refractivity contribution in [3.05, 3.63) is 35.6 Å². The van der Waals surface area contributed by atoms with Gasteiger partial charge in [-0.25, -0.2) is 0 Å². The Balaban J connectivity index is 3.00. The molecule has 1 heterocycles. The average Bonchev–Trinajstić information content (AvgIpc) is 2.23. The van der Waals surface area contributed by atoms with E-state index in [1.807, 2.05) is 32.1 Å². The van der Waals surface area contributed by atoms with Crippen molar-refractivity contribution >= 4 is 5.78 Å². The molecular formula is C12H17NO2. The van der Waals surface area contributed by atoms with Crippen molar-refractivity contribution in [3.63, 3.8) is 0 Å². The van der Waals surface area contributed by atoms with Crippen LogP contribution in [0.2, 0.25) is 0 Å². The lowest BCUT2D eigenvalue weighted by molar-refractivity contribution is -0.119. The summed E-state index contributed by atoms with van der Waals surface area (Å²) in [6, 6.07) is -0.532. The van der Waals surface area contributed by atoms with E-state index in [0.29, 0.717) is 11.3 Å². The molecule has 2 N–H and O–H groups in total. The SMILES string of the molecule is C\C=C/C=C1/C(=O)C(N)CO/C1=C/CC. The van der Waals surface area contributed by atoms with E-state index < -0.39 is 6.04 Å². The van der Waals surface area contributed by atoms with E-state index in [0.717, 1.165) is 6.42 Å². The smallest absolute Gasteiger partial charge is 0.186 e. The van der Waals surface area contributed by atoms with Crippen LogP contribution in [-0.4, -0.2) is 18.4 Å². The molecule has 1 saturated heterocycles. The Morgan fingerprint density at radius 3 is 2.93 bits per heavy atom. The Hall–Kier alpha value is -1.35. The van der Waals surface area contributed by atoms with Gasteiger partial charge in [0.2, 0.25) is 0 Å². The number of carbonyl (C=O) groups is 1. The normalized spacial score (nSPS) is 27.7. The van der Waals surface area contributed by atoms with Crippen molar-refractivity contribution in [2.24, 2.45) is 5.73 Å². The summed E-state index contributed by atoms with van der Waals surface area (Å²) >= 11 is 0. The second kappa shape index (κ2) is 5.51. The lowest BCUT2D eigenvalue weighted by Gasteiger charge is -2.23. The molecule has 0 aromatic rings. The third kappa shape index (κ3) is 2.80. The number of carbonyl (C=O) groups excluding carboxylic acids is 1. The van der Waals surface area contributed by atoms with Crippen LogP contribution in [0, 0.1) is 0 Å². The van der Waals surface area contributed by atoms with Gasteiger partial charge >= 0.3 is 0 Å². The highest BCUT2D eigenvalue weighted by molar-refractivity contribution is 6.03. The van der Waals surface area contributed by atoms with Crippen LogP contribution in [0.1, 0.15) is 20.3 Å². The second-order valence-electron chi connectivity index (χ2n) is 3.36. The molecule has 1 aliphatic rings. The van der Waals surface area contributed by atoms with Gasteiger partial charge in [0.25, 0.3) is 0 Å². The molecular weight excluding hydrogens is 190 g/mol. The van der Waals surface area contributed by atoms with E-state index in [4.69, 9.17) is 10.5 Å². The molecule has 0 radical (unpaired) electrons. The lowest BCUT2D eigenvalue weighted by atomic mass is 9.99. The largest absolute Gasteiger partial charge is 0.491 e. The van der Waals surface area contributed by atoms with Gasteiger partial charge in [-0.05, 0) is 25.5 Å². The molecule has 0 bridgehead atoms. The first-order chi connectivity index (χ1) is 7.20. The fourth-order valence-corrected chi connectivity index (χ4v) is 1.37. The van der Waals surface area contributed by atoms with Gasteiger partial charge in [0.05, 0.1) is 5.57 Å². The summed E-state index contributed by atoms with van der Waals surface area (Å²) in [4.78, 5) is 11.8. The molecule has 82 valence electrons. The maximum Gasteiger partial charge on any atom is 0.186 e. The molecule has 3 heteroatoms. The predicted molar refractivity (Wildman–Crippen MR) is 60.2 cm³/mol. The van der Waals surface area contributed by atoms with Crippen LogP contribution in [0.25, 0.3) is 0 Å². The number of ether oxygens (including phenoxy) is 1. The Bertz CT molecular complexity index is 327. The topological polar surface area (TPSA) is 52.3 Å². The summed E-state index contributed by atoms with van der Waals surface area (Å²) in [5, 5.41) is 0. The van der Waals surface area contributed by atoms with Crippen LogP contribution in [0.4, 0.5) is 0 Å². The highest BCUT2D eigenvalue weighted by Crippen LogP contribution is 2.20. The fraction of sp³-hybridized carbons (Fsp3) is 0.417. The number of hydrogen-bond donors (Lipinski definition) is 1. The first-order valence-corrected chi connectivity index (χ1v) is 5.16. The van der Waals surface area contributed by atoms with Crippen LogP contribution in [0.5, 0.6) is 0 Å². The van der Waals surface area contributed by atoms with Gasteiger partial charge in [0, 0.05) is 0 Å². The molecule has 1 unspecified atom stereocenters. The minimum Gasteiger partial charge on any atom is -0.491 e. The number of allylic oxidation sites excluding steroid dienone is 5. The third-order valence-electron chi connectivity index (χ3n) is 2.13. The average molecular weight is 207 g/mol. The summed E-state index contributed by atoms with van der Waals surface area (Å²) in [5.74, 6) is 0.612. The zero-order chi connectivity index (χ0) is 11.3. The van der Waals surface area contributed by atoms with Crippen molar-refractivity contribution in [2.45, 2.75) is 26.3 Å².